The first-order valence-electron chi connectivity index (χ1n) is 10.8. The number of aryl methyl sites for hydroxylation is 3. The number of rotatable bonds is 8. The third kappa shape index (κ3) is 5.23. The Hall–Kier alpha value is -3.04. The average Bonchev–Trinajstić information content (AvgIpc) is 3.23. The van der Waals surface area contributed by atoms with Gasteiger partial charge in [0.25, 0.3) is 0 Å². The minimum absolute atomic E-state index is 0.0427. The number of carbonyl (C=O) groups is 1. The van der Waals surface area contributed by atoms with Crippen molar-refractivity contribution < 1.29 is 13.2 Å². The fourth-order valence-electron chi connectivity index (χ4n) is 3.87. The van der Waals surface area contributed by atoms with Gasteiger partial charge in [-0.15, -0.1) is 0 Å². The molecule has 9 heteroatoms. The van der Waals surface area contributed by atoms with Crippen LogP contribution in [0.1, 0.15) is 41.8 Å². The van der Waals surface area contributed by atoms with Gasteiger partial charge in [-0.05, 0) is 73.6 Å². The lowest BCUT2D eigenvalue weighted by Gasteiger charge is -2.16. The van der Waals surface area contributed by atoms with Crippen LogP contribution in [-0.2, 0) is 34.2 Å². The maximum Gasteiger partial charge on any atom is 0.240 e. The molecular formula is C23H27N5O3S. The highest BCUT2D eigenvalue weighted by Gasteiger charge is 2.18. The van der Waals surface area contributed by atoms with Crippen molar-refractivity contribution in [2.24, 2.45) is 0 Å². The standard InChI is InChI=1S/C23H27N5O3S/c1-17-24-12-13-28(17)22-14-18(8-10-25-22)16-26-23(29)9-11-27-32(30,31)21-7-6-19-4-2-3-5-20(19)15-21/h6-8,10,12-15,27H,2-5,9,11,16H2,1H3,(H,26,29). The van der Waals surface area contributed by atoms with E-state index in [1.807, 2.05) is 35.9 Å². The summed E-state index contributed by atoms with van der Waals surface area (Å²) in [7, 11) is -3.64. The molecule has 32 heavy (non-hydrogen) atoms. The Morgan fingerprint density at radius 3 is 2.66 bits per heavy atom. The molecule has 0 aliphatic heterocycles. The minimum Gasteiger partial charge on any atom is -0.352 e. The summed E-state index contributed by atoms with van der Waals surface area (Å²) in [4.78, 5) is 21.0. The van der Waals surface area contributed by atoms with Gasteiger partial charge in [0, 0.05) is 38.1 Å². The molecule has 0 atom stereocenters. The minimum atomic E-state index is -3.64. The predicted octanol–water partition coefficient (Wildman–Crippen LogP) is 2.44. The van der Waals surface area contributed by atoms with Crippen molar-refractivity contribution in [1.82, 2.24) is 24.6 Å². The monoisotopic (exact) mass is 453 g/mol. The Bertz CT molecular complexity index is 1220. The van der Waals surface area contributed by atoms with Crippen molar-refractivity contribution in [2.45, 2.75) is 50.5 Å². The molecule has 3 aromatic rings. The van der Waals surface area contributed by atoms with Gasteiger partial charge in [0.1, 0.15) is 11.6 Å². The molecule has 0 saturated carbocycles. The van der Waals surface area contributed by atoms with Crippen LogP contribution in [0.2, 0.25) is 0 Å². The highest BCUT2D eigenvalue weighted by atomic mass is 32.2. The predicted molar refractivity (Wildman–Crippen MR) is 121 cm³/mol. The van der Waals surface area contributed by atoms with Crippen LogP contribution in [0, 0.1) is 6.92 Å². The molecule has 1 aromatic carbocycles. The lowest BCUT2D eigenvalue weighted by atomic mass is 9.92. The van der Waals surface area contributed by atoms with Crippen molar-refractivity contribution in [1.29, 1.82) is 0 Å². The first-order valence-corrected chi connectivity index (χ1v) is 12.2. The van der Waals surface area contributed by atoms with Crippen molar-refractivity contribution in [3.05, 3.63) is 71.4 Å². The molecule has 0 saturated heterocycles. The Labute approximate surface area is 188 Å². The van der Waals surface area contributed by atoms with E-state index >= 15 is 0 Å². The summed E-state index contributed by atoms with van der Waals surface area (Å²) in [6.45, 7) is 2.27. The number of fused-ring (bicyclic) bond motifs is 1. The number of benzene rings is 1. The van der Waals surface area contributed by atoms with E-state index in [9.17, 15) is 13.2 Å². The van der Waals surface area contributed by atoms with Crippen LogP contribution in [0.15, 0.2) is 53.8 Å². The maximum absolute atomic E-state index is 12.6. The van der Waals surface area contributed by atoms with Gasteiger partial charge < -0.3 is 5.32 Å². The van der Waals surface area contributed by atoms with Crippen molar-refractivity contribution in [3.63, 3.8) is 0 Å². The fraction of sp³-hybridized carbons (Fsp3) is 0.348. The Kier molecular flexibility index (Phi) is 6.66. The van der Waals surface area contributed by atoms with E-state index in [-0.39, 0.29) is 23.8 Å². The second-order valence-electron chi connectivity index (χ2n) is 7.93. The number of imidazole rings is 1. The highest BCUT2D eigenvalue weighted by Crippen LogP contribution is 2.24. The van der Waals surface area contributed by atoms with Gasteiger partial charge in [-0.3, -0.25) is 9.36 Å². The summed E-state index contributed by atoms with van der Waals surface area (Å²) >= 11 is 0. The highest BCUT2D eigenvalue weighted by molar-refractivity contribution is 7.89. The fourth-order valence-corrected chi connectivity index (χ4v) is 4.95. The lowest BCUT2D eigenvalue weighted by Crippen LogP contribution is -2.30. The molecule has 2 heterocycles. The van der Waals surface area contributed by atoms with Crippen LogP contribution in [0.3, 0.4) is 0 Å². The van der Waals surface area contributed by atoms with Gasteiger partial charge in [0.05, 0.1) is 4.90 Å². The van der Waals surface area contributed by atoms with E-state index in [2.05, 4.69) is 20.0 Å². The van der Waals surface area contributed by atoms with E-state index in [1.54, 1.807) is 24.5 Å². The number of pyridine rings is 1. The third-order valence-corrected chi connectivity index (χ3v) is 7.11. The SMILES string of the molecule is Cc1nccn1-c1cc(CNC(=O)CCNS(=O)(=O)c2ccc3c(c2)CCCC3)ccn1. The second kappa shape index (κ2) is 9.62. The molecule has 8 nitrogen and oxygen atoms in total. The van der Waals surface area contributed by atoms with Gasteiger partial charge in [0.2, 0.25) is 15.9 Å². The molecule has 1 aliphatic carbocycles. The van der Waals surface area contributed by atoms with Crippen molar-refractivity contribution >= 4 is 15.9 Å². The zero-order chi connectivity index (χ0) is 22.6. The molecular weight excluding hydrogens is 426 g/mol. The Morgan fingerprint density at radius 2 is 1.88 bits per heavy atom. The summed E-state index contributed by atoms with van der Waals surface area (Å²) in [6, 6.07) is 9.03. The zero-order valence-electron chi connectivity index (χ0n) is 18.0. The van der Waals surface area contributed by atoms with Gasteiger partial charge in [-0.1, -0.05) is 6.07 Å². The second-order valence-corrected chi connectivity index (χ2v) is 9.70. The van der Waals surface area contributed by atoms with Crippen LogP contribution in [0.5, 0.6) is 0 Å². The number of aromatic nitrogens is 3. The maximum atomic E-state index is 12.6. The van der Waals surface area contributed by atoms with Crippen LogP contribution in [-0.4, -0.2) is 35.4 Å². The summed E-state index contributed by atoms with van der Waals surface area (Å²) in [5.74, 6) is 1.32. The quantitative estimate of drug-likeness (QED) is 0.545. The van der Waals surface area contributed by atoms with E-state index in [0.29, 0.717) is 6.54 Å². The lowest BCUT2D eigenvalue weighted by molar-refractivity contribution is -0.121. The summed E-state index contributed by atoms with van der Waals surface area (Å²) in [5, 5.41) is 2.83. The zero-order valence-corrected chi connectivity index (χ0v) is 18.9. The first kappa shape index (κ1) is 22.2. The van der Waals surface area contributed by atoms with E-state index in [1.165, 1.54) is 5.56 Å². The van der Waals surface area contributed by atoms with Crippen LogP contribution >= 0.6 is 0 Å². The van der Waals surface area contributed by atoms with E-state index < -0.39 is 10.0 Å². The summed E-state index contributed by atoms with van der Waals surface area (Å²) in [6.07, 6.45) is 9.43. The van der Waals surface area contributed by atoms with Crippen LogP contribution in [0.25, 0.3) is 5.82 Å². The molecule has 4 rings (SSSR count). The van der Waals surface area contributed by atoms with Crippen molar-refractivity contribution in [3.8, 4) is 5.82 Å². The van der Waals surface area contributed by atoms with E-state index in [0.717, 1.165) is 48.5 Å². The molecule has 0 fully saturated rings. The molecule has 1 aliphatic rings. The summed E-state index contributed by atoms with van der Waals surface area (Å²) in [5.41, 5.74) is 3.24. The largest absolute Gasteiger partial charge is 0.352 e. The van der Waals surface area contributed by atoms with Gasteiger partial charge in [-0.25, -0.2) is 23.1 Å². The summed E-state index contributed by atoms with van der Waals surface area (Å²) < 4.78 is 29.6. The molecule has 168 valence electrons. The number of hydrogen-bond acceptors (Lipinski definition) is 5. The Morgan fingerprint density at radius 1 is 1.06 bits per heavy atom. The third-order valence-electron chi connectivity index (χ3n) is 5.65. The molecule has 0 unspecified atom stereocenters. The van der Waals surface area contributed by atoms with Gasteiger partial charge in [0.15, 0.2) is 0 Å². The number of hydrogen-bond donors (Lipinski definition) is 2. The normalized spacial score (nSPS) is 13.5. The first-order chi connectivity index (χ1) is 15.4. The van der Waals surface area contributed by atoms with Gasteiger partial charge >= 0.3 is 0 Å². The average molecular weight is 454 g/mol. The van der Waals surface area contributed by atoms with Crippen LogP contribution < -0.4 is 10.0 Å². The number of nitrogens with zero attached hydrogens (tertiary/aromatic N) is 3. The van der Waals surface area contributed by atoms with Crippen molar-refractivity contribution in [2.75, 3.05) is 6.54 Å². The van der Waals surface area contributed by atoms with Crippen LogP contribution in [0.4, 0.5) is 0 Å². The molecule has 0 bridgehead atoms. The van der Waals surface area contributed by atoms with Gasteiger partial charge in [-0.2, -0.15) is 0 Å². The Balaban J connectivity index is 1.28. The number of carbonyl (C=O) groups excluding carboxylic acids is 1. The molecule has 0 radical (unpaired) electrons. The van der Waals surface area contributed by atoms with E-state index in [4.69, 9.17) is 0 Å². The number of nitrogens with one attached hydrogen (secondary N) is 2. The number of sulfonamides is 1. The molecule has 0 spiro atoms. The molecule has 2 aromatic heterocycles. The molecule has 1 amide bonds. The number of amides is 1. The molecule has 2 N–H and O–H groups in total. The smallest absolute Gasteiger partial charge is 0.240 e. The topological polar surface area (TPSA) is 106 Å².